The number of amides is 2. The number of likely N-dealkylation sites (N-methyl/N-ethyl adjacent to an activating group) is 1. The van der Waals surface area contributed by atoms with E-state index in [0.29, 0.717) is 48.6 Å². The minimum atomic E-state index is -4.59. The van der Waals surface area contributed by atoms with Gasteiger partial charge in [-0.2, -0.15) is 13.2 Å². The van der Waals surface area contributed by atoms with Crippen LogP contribution < -0.4 is 15.0 Å². The van der Waals surface area contributed by atoms with Gasteiger partial charge in [0.2, 0.25) is 5.91 Å². The van der Waals surface area contributed by atoms with E-state index in [9.17, 15) is 22.8 Å². The fraction of sp³-hybridized carbons (Fsp3) is 0.613. The number of alkyl halides is 3. The lowest BCUT2D eigenvalue weighted by atomic mass is 9.83. The Morgan fingerprint density at radius 1 is 1.14 bits per heavy atom. The van der Waals surface area contributed by atoms with Gasteiger partial charge in [-0.1, -0.05) is 19.8 Å². The summed E-state index contributed by atoms with van der Waals surface area (Å²) < 4.78 is 48.7. The lowest BCUT2D eigenvalue weighted by molar-refractivity contribution is -0.226. The molecule has 12 heteroatoms. The molecule has 0 aromatic carbocycles. The lowest BCUT2D eigenvalue weighted by Crippen LogP contribution is -2.60. The van der Waals surface area contributed by atoms with Crippen LogP contribution in [-0.2, 0) is 4.79 Å². The Balaban J connectivity index is 1.50. The molecule has 3 fully saturated rings. The number of piperazine rings is 1. The van der Waals surface area contributed by atoms with Crippen LogP contribution in [0, 0.1) is 5.41 Å². The number of nitrogens with zero attached hydrogens (tertiary/aromatic N) is 5. The summed E-state index contributed by atoms with van der Waals surface area (Å²) in [7, 11) is 2.01. The molecular formula is C31H41F3N6O3. The van der Waals surface area contributed by atoms with Crippen LogP contribution in [0.5, 0.6) is 5.75 Å². The van der Waals surface area contributed by atoms with Crippen LogP contribution in [0.15, 0.2) is 30.6 Å². The Hall–Kier alpha value is -3.41. The van der Waals surface area contributed by atoms with Gasteiger partial charge in [-0.25, -0.2) is 4.98 Å². The van der Waals surface area contributed by atoms with Crippen LogP contribution in [0.3, 0.4) is 0 Å². The van der Waals surface area contributed by atoms with Crippen LogP contribution in [0.2, 0.25) is 0 Å². The highest BCUT2D eigenvalue weighted by Gasteiger charge is 2.62. The van der Waals surface area contributed by atoms with Crippen molar-refractivity contribution in [1.29, 1.82) is 0 Å². The molecule has 2 aromatic heterocycles. The van der Waals surface area contributed by atoms with E-state index in [-0.39, 0.29) is 56.2 Å². The first-order valence-corrected chi connectivity index (χ1v) is 15.3. The van der Waals surface area contributed by atoms with Gasteiger partial charge in [0.1, 0.15) is 16.9 Å². The molecule has 3 aliphatic rings. The summed E-state index contributed by atoms with van der Waals surface area (Å²) in [4.78, 5) is 42.0. The Morgan fingerprint density at radius 3 is 2.51 bits per heavy atom. The van der Waals surface area contributed by atoms with Gasteiger partial charge < -0.3 is 24.8 Å². The van der Waals surface area contributed by atoms with E-state index < -0.39 is 17.5 Å². The third kappa shape index (κ3) is 6.16. The third-order valence-corrected chi connectivity index (χ3v) is 9.10. The molecule has 1 N–H and O–H groups in total. The first-order valence-electron chi connectivity index (χ1n) is 15.3. The molecule has 0 spiro atoms. The molecule has 2 aromatic rings. The highest BCUT2D eigenvalue weighted by molar-refractivity contribution is 5.99. The first kappa shape index (κ1) is 31.0. The van der Waals surface area contributed by atoms with Crippen molar-refractivity contribution in [3.05, 3.63) is 36.3 Å². The van der Waals surface area contributed by atoms with E-state index in [1.807, 2.05) is 37.9 Å². The second-order valence-corrected chi connectivity index (χ2v) is 11.9. The van der Waals surface area contributed by atoms with Crippen LogP contribution >= 0.6 is 0 Å². The number of anilines is 1. The summed E-state index contributed by atoms with van der Waals surface area (Å²) in [6.07, 6.45) is 0.585. The predicted molar refractivity (Wildman–Crippen MR) is 157 cm³/mol. The van der Waals surface area contributed by atoms with E-state index in [1.54, 1.807) is 18.5 Å². The summed E-state index contributed by atoms with van der Waals surface area (Å²) in [6, 6.07) is 5.11. The summed E-state index contributed by atoms with van der Waals surface area (Å²) in [5.74, 6) is -0.657. The summed E-state index contributed by atoms with van der Waals surface area (Å²) in [5, 5.41) is 3.14. The second-order valence-electron chi connectivity index (χ2n) is 11.9. The topological polar surface area (TPSA) is 90.9 Å². The van der Waals surface area contributed by atoms with Crippen molar-refractivity contribution >= 4 is 17.5 Å². The van der Waals surface area contributed by atoms with Crippen LogP contribution in [-0.4, -0.2) is 96.2 Å². The van der Waals surface area contributed by atoms with Gasteiger partial charge in [-0.15, -0.1) is 0 Å². The normalized spacial score (nSPS) is 22.6. The minimum absolute atomic E-state index is 0.0260. The monoisotopic (exact) mass is 602 g/mol. The zero-order chi connectivity index (χ0) is 30.8. The molecule has 2 atom stereocenters. The Bertz CT molecular complexity index is 1300. The van der Waals surface area contributed by atoms with E-state index in [2.05, 4.69) is 15.2 Å². The van der Waals surface area contributed by atoms with Crippen molar-refractivity contribution in [3.63, 3.8) is 0 Å². The largest absolute Gasteiger partial charge is 0.492 e. The lowest BCUT2D eigenvalue weighted by Gasteiger charge is -2.45. The maximum atomic E-state index is 14.2. The number of carbonyl (C=O) groups is 2. The van der Waals surface area contributed by atoms with Crippen molar-refractivity contribution in [2.24, 2.45) is 5.41 Å². The van der Waals surface area contributed by atoms with Gasteiger partial charge in [-0.3, -0.25) is 14.6 Å². The third-order valence-electron chi connectivity index (χ3n) is 9.10. The molecule has 4 heterocycles. The average Bonchev–Trinajstić information content (AvgIpc) is 3.67. The molecule has 1 saturated carbocycles. The van der Waals surface area contributed by atoms with Gasteiger partial charge in [0.15, 0.2) is 5.69 Å². The zero-order valence-corrected chi connectivity index (χ0v) is 25.1. The first-order chi connectivity index (χ1) is 20.6. The van der Waals surface area contributed by atoms with Gasteiger partial charge in [0, 0.05) is 62.3 Å². The molecule has 9 nitrogen and oxygen atoms in total. The number of hydrogen-bond donors (Lipinski definition) is 1. The summed E-state index contributed by atoms with van der Waals surface area (Å²) in [5.41, 5.74) is -0.351. The van der Waals surface area contributed by atoms with Gasteiger partial charge in [0.25, 0.3) is 5.91 Å². The number of ether oxygens (including phenoxy) is 1. The number of halogens is 3. The smallest absolute Gasteiger partial charge is 0.403 e. The van der Waals surface area contributed by atoms with Crippen molar-refractivity contribution in [1.82, 2.24) is 25.1 Å². The van der Waals surface area contributed by atoms with Gasteiger partial charge in [-0.05, 0) is 58.3 Å². The number of aromatic nitrogens is 2. The molecular weight excluding hydrogens is 561 g/mol. The predicted octanol–water partition coefficient (Wildman–Crippen LogP) is 4.53. The fourth-order valence-electron chi connectivity index (χ4n) is 6.76. The van der Waals surface area contributed by atoms with Crippen LogP contribution in [0.25, 0.3) is 11.3 Å². The molecule has 5 rings (SSSR count). The summed E-state index contributed by atoms with van der Waals surface area (Å²) in [6.45, 7) is 6.30. The standard InChI is InChI=1S/C31H41F3N6O3/c1-4-23-20-39(29(42)30(31(32,33)34)11-6-7-12-30)15-16-40(23)24-17-25(43-5-2)26(21-9-8-13-35-18-21)37-27(24)28(41)36-22-10-14-38(3)19-22/h8-9,13,17-18,22-23H,4-7,10-12,14-16,19-20H2,1-3H3,(H,36,41)/t22-,23-/m1/s1. The molecule has 234 valence electrons. The molecule has 2 amide bonds. The molecule has 0 unspecified atom stereocenters. The minimum Gasteiger partial charge on any atom is -0.492 e. The summed E-state index contributed by atoms with van der Waals surface area (Å²) >= 11 is 0. The zero-order valence-electron chi connectivity index (χ0n) is 25.1. The molecule has 0 bridgehead atoms. The van der Waals surface area contributed by atoms with Gasteiger partial charge in [0.05, 0.1) is 12.3 Å². The number of hydrogen-bond acceptors (Lipinski definition) is 7. The molecule has 1 aliphatic carbocycles. The Labute approximate surface area is 250 Å². The molecule has 43 heavy (non-hydrogen) atoms. The van der Waals surface area contributed by atoms with E-state index >= 15 is 0 Å². The highest BCUT2D eigenvalue weighted by atomic mass is 19.4. The van der Waals surface area contributed by atoms with Crippen molar-refractivity contribution in [3.8, 4) is 17.0 Å². The molecule has 2 aliphatic heterocycles. The highest BCUT2D eigenvalue weighted by Crippen LogP contribution is 2.52. The molecule has 2 saturated heterocycles. The Morgan fingerprint density at radius 2 is 1.91 bits per heavy atom. The maximum Gasteiger partial charge on any atom is 0.403 e. The van der Waals surface area contributed by atoms with E-state index in [0.717, 1.165) is 19.5 Å². The van der Waals surface area contributed by atoms with E-state index in [1.165, 1.54) is 4.90 Å². The number of nitrogens with one attached hydrogen (secondary N) is 1. The van der Waals surface area contributed by atoms with E-state index in [4.69, 9.17) is 9.72 Å². The second kappa shape index (κ2) is 12.7. The number of rotatable bonds is 8. The van der Waals surface area contributed by atoms with Crippen LogP contribution in [0.4, 0.5) is 18.9 Å². The van der Waals surface area contributed by atoms with Crippen molar-refractivity contribution in [2.45, 2.75) is 70.6 Å². The number of likely N-dealkylation sites (tertiary alicyclic amines) is 1. The van der Waals surface area contributed by atoms with Crippen molar-refractivity contribution < 1.29 is 27.5 Å². The maximum absolute atomic E-state index is 14.2. The molecule has 0 radical (unpaired) electrons. The SMILES string of the molecule is CCOc1cc(N2CCN(C(=O)C3(C(F)(F)F)CCCC3)C[C@H]2CC)c(C(=O)N[C@@H]2CCN(C)C2)nc1-c1cccnc1. The number of pyridine rings is 2. The fourth-order valence-corrected chi connectivity index (χ4v) is 6.76. The van der Waals surface area contributed by atoms with Crippen LogP contribution in [0.1, 0.15) is 62.9 Å². The average molecular weight is 603 g/mol. The van der Waals surface area contributed by atoms with Gasteiger partial charge >= 0.3 is 6.18 Å². The van der Waals surface area contributed by atoms with Crippen molar-refractivity contribution in [2.75, 3.05) is 51.3 Å². The quantitative estimate of drug-likeness (QED) is 0.475. The Kier molecular flexibility index (Phi) is 9.15. The number of carbonyl (C=O) groups excluding carboxylic acids is 2.